The number of carbonyl (C=O) groups is 4. The van der Waals surface area contributed by atoms with Crippen LogP contribution < -0.4 is 5.73 Å². The van der Waals surface area contributed by atoms with Crippen molar-refractivity contribution in [3.8, 4) is 0 Å². The Morgan fingerprint density at radius 1 is 0.939 bits per heavy atom. The van der Waals surface area contributed by atoms with Gasteiger partial charge in [-0.2, -0.15) is 0 Å². The van der Waals surface area contributed by atoms with Crippen LogP contribution in [0.25, 0.3) is 0 Å². The number of amides is 1. The maximum Gasteiger partial charge on any atom is 0.508 e. The topological polar surface area (TPSA) is 162 Å². The summed E-state index contributed by atoms with van der Waals surface area (Å²) in [7, 11) is 0. The molecule has 13 heteroatoms. The molecule has 0 unspecified atom stereocenters. The van der Waals surface area contributed by atoms with Crippen molar-refractivity contribution in [3.63, 3.8) is 0 Å². The van der Waals surface area contributed by atoms with E-state index >= 15 is 0 Å². The fourth-order valence-corrected chi connectivity index (χ4v) is 3.09. The van der Waals surface area contributed by atoms with Crippen molar-refractivity contribution in [1.82, 2.24) is 4.90 Å². The minimum absolute atomic E-state index is 0.0306. The zero-order valence-corrected chi connectivity index (χ0v) is 18.6. The minimum atomic E-state index is -1.26. The standard InChI is InChI=1S/C20H28N2O11/c1-4-27-18(24)30-11-13-14(32-19(25)28-5-2)15(33-20(26)29-6-3)17(31-13)22-9-7-8-12(10-22)16(21)23/h7,9-10,13-15,17H,4-6,8,11H2,1-3H3,(H2,21,23)/t13-,14-,15-,17-/m1/s1. The van der Waals surface area contributed by atoms with Crippen LogP contribution in [0.1, 0.15) is 27.2 Å². The molecule has 2 aliphatic rings. The van der Waals surface area contributed by atoms with Crippen LogP contribution in [0.2, 0.25) is 0 Å². The van der Waals surface area contributed by atoms with Crippen molar-refractivity contribution in [2.45, 2.75) is 51.7 Å². The van der Waals surface area contributed by atoms with Gasteiger partial charge in [0.1, 0.15) is 12.7 Å². The first kappa shape index (κ1) is 25.8. The van der Waals surface area contributed by atoms with Gasteiger partial charge < -0.3 is 43.8 Å². The van der Waals surface area contributed by atoms with Gasteiger partial charge in [0.2, 0.25) is 5.91 Å². The Labute approximate surface area is 190 Å². The van der Waals surface area contributed by atoms with Crippen LogP contribution in [-0.4, -0.2) is 80.2 Å². The third kappa shape index (κ3) is 7.27. The molecule has 2 N–H and O–H groups in total. The molecule has 1 saturated heterocycles. The predicted octanol–water partition coefficient (Wildman–Crippen LogP) is 1.56. The van der Waals surface area contributed by atoms with Gasteiger partial charge >= 0.3 is 18.5 Å². The molecular formula is C20H28N2O11. The van der Waals surface area contributed by atoms with Gasteiger partial charge in [0, 0.05) is 18.0 Å². The van der Waals surface area contributed by atoms with Crippen LogP contribution in [0.15, 0.2) is 24.0 Å². The SMILES string of the molecule is CCOC(=O)OC[C@H]1O[C@@H](N2C=CCC(C(N)=O)=C2)[C@H](OC(=O)OCC)[C@@H]1OC(=O)OCC. The summed E-state index contributed by atoms with van der Waals surface area (Å²) in [6.45, 7) is 4.52. The quantitative estimate of drug-likeness (QED) is 0.381. The molecule has 0 aliphatic carbocycles. The summed E-state index contributed by atoms with van der Waals surface area (Å²) >= 11 is 0. The van der Waals surface area contributed by atoms with E-state index in [1.807, 2.05) is 0 Å². The largest absolute Gasteiger partial charge is 0.508 e. The van der Waals surface area contributed by atoms with Gasteiger partial charge in [-0.15, -0.1) is 0 Å². The Kier molecular flexibility index (Phi) is 9.79. The second-order valence-electron chi connectivity index (χ2n) is 6.64. The summed E-state index contributed by atoms with van der Waals surface area (Å²) in [5, 5.41) is 0. The molecule has 184 valence electrons. The van der Waals surface area contributed by atoms with Crippen LogP contribution >= 0.6 is 0 Å². The molecule has 33 heavy (non-hydrogen) atoms. The average molecular weight is 472 g/mol. The molecule has 0 bridgehead atoms. The van der Waals surface area contributed by atoms with Gasteiger partial charge in [-0.1, -0.05) is 6.08 Å². The lowest BCUT2D eigenvalue weighted by Crippen LogP contribution is -2.45. The number of rotatable bonds is 9. The van der Waals surface area contributed by atoms with E-state index in [9.17, 15) is 19.2 Å². The number of allylic oxidation sites excluding steroid dienone is 1. The Morgan fingerprint density at radius 3 is 2.09 bits per heavy atom. The second kappa shape index (κ2) is 12.5. The van der Waals surface area contributed by atoms with Crippen molar-refractivity contribution >= 4 is 24.4 Å². The van der Waals surface area contributed by atoms with E-state index in [4.69, 9.17) is 38.9 Å². The van der Waals surface area contributed by atoms with E-state index in [2.05, 4.69) is 0 Å². The molecule has 1 fully saturated rings. The first-order valence-corrected chi connectivity index (χ1v) is 10.4. The third-order valence-electron chi connectivity index (χ3n) is 4.43. The minimum Gasteiger partial charge on any atom is -0.435 e. The lowest BCUT2D eigenvalue weighted by atomic mass is 10.1. The number of carbonyl (C=O) groups excluding carboxylic acids is 4. The molecule has 0 spiro atoms. The maximum absolute atomic E-state index is 12.1. The van der Waals surface area contributed by atoms with Crippen LogP contribution in [0.5, 0.6) is 0 Å². The Balaban J connectivity index is 2.33. The van der Waals surface area contributed by atoms with Gasteiger partial charge in [0.15, 0.2) is 18.4 Å². The molecule has 0 saturated carbocycles. The zero-order valence-electron chi connectivity index (χ0n) is 18.6. The van der Waals surface area contributed by atoms with Crippen molar-refractivity contribution in [3.05, 3.63) is 24.0 Å². The van der Waals surface area contributed by atoms with Crippen molar-refractivity contribution < 1.29 is 52.3 Å². The highest BCUT2D eigenvalue weighted by atomic mass is 16.8. The smallest absolute Gasteiger partial charge is 0.435 e. The molecule has 0 radical (unpaired) electrons. The van der Waals surface area contributed by atoms with E-state index in [-0.39, 0.29) is 25.4 Å². The second-order valence-corrected chi connectivity index (χ2v) is 6.64. The molecular weight excluding hydrogens is 444 g/mol. The lowest BCUT2D eigenvalue weighted by molar-refractivity contribution is -0.115. The van der Waals surface area contributed by atoms with Gasteiger partial charge in [0.05, 0.1) is 19.8 Å². The summed E-state index contributed by atoms with van der Waals surface area (Å²) < 4.78 is 36.0. The third-order valence-corrected chi connectivity index (χ3v) is 4.43. The van der Waals surface area contributed by atoms with E-state index < -0.39 is 55.5 Å². The monoisotopic (exact) mass is 472 g/mol. The first-order chi connectivity index (χ1) is 15.8. The molecule has 2 aliphatic heterocycles. The van der Waals surface area contributed by atoms with Gasteiger partial charge in [-0.3, -0.25) is 4.79 Å². The Morgan fingerprint density at radius 2 is 1.52 bits per heavy atom. The van der Waals surface area contributed by atoms with Crippen molar-refractivity contribution in [2.24, 2.45) is 5.73 Å². The van der Waals surface area contributed by atoms with Gasteiger partial charge in [0.25, 0.3) is 0 Å². The summed E-state index contributed by atoms with van der Waals surface area (Å²) in [6.07, 6.45) is -2.79. The van der Waals surface area contributed by atoms with Crippen LogP contribution in [0.4, 0.5) is 14.4 Å². The molecule has 2 heterocycles. The van der Waals surface area contributed by atoms with Gasteiger partial charge in [-0.25, -0.2) is 14.4 Å². The highest BCUT2D eigenvalue weighted by molar-refractivity contribution is 5.92. The fourth-order valence-electron chi connectivity index (χ4n) is 3.09. The zero-order chi connectivity index (χ0) is 24.4. The molecule has 4 atom stereocenters. The number of primary amides is 1. The van der Waals surface area contributed by atoms with Gasteiger partial charge in [-0.05, 0) is 27.2 Å². The molecule has 2 rings (SSSR count). The van der Waals surface area contributed by atoms with Crippen molar-refractivity contribution in [2.75, 3.05) is 26.4 Å². The van der Waals surface area contributed by atoms with Crippen LogP contribution in [0, 0.1) is 0 Å². The predicted molar refractivity (Wildman–Crippen MR) is 108 cm³/mol. The van der Waals surface area contributed by atoms with E-state index in [1.165, 1.54) is 11.1 Å². The van der Waals surface area contributed by atoms with Crippen LogP contribution in [-0.2, 0) is 38.0 Å². The fraction of sp³-hybridized carbons (Fsp3) is 0.600. The molecule has 0 aromatic heterocycles. The summed E-state index contributed by atoms with van der Waals surface area (Å²) in [4.78, 5) is 48.9. The number of nitrogens with two attached hydrogens (primary N) is 1. The summed E-state index contributed by atoms with van der Waals surface area (Å²) in [6, 6.07) is 0. The highest BCUT2D eigenvalue weighted by Gasteiger charge is 2.52. The molecule has 1 amide bonds. The highest BCUT2D eigenvalue weighted by Crippen LogP contribution is 2.32. The van der Waals surface area contributed by atoms with E-state index in [1.54, 1.807) is 33.0 Å². The molecule has 0 aromatic rings. The number of hydrogen-bond donors (Lipinski definition) is 1. The lowest BCUT2D eigenvalue weighted by Gasteiger charge is -2.30. The molecule has 13 nitrogen and oxygen atoms in total. The Bertz CT molecular complexity index is 782. The van der Waals surface area contributed by atoms with Crippen molar-refractivity contribution in [1.29, 1.82) is 0 Å². The molecule has 0 aromatic carbocycles. The first-order valence-electron chi connectivity index (χ1n) is 10.4. The van der Waals surface area contributed by atoms with Crippen LogP contribution in [0.3, 0.4) is 0 Å². The number of hydrogen-bond acceptors (Lipinski definition) is 12. The number of nitrogens with zero attached hydrogens (tertiary/aromatic N) is 1. The summed E-state index contributed by atoms with van der Waals surface area (Å²) in [5.41, 5.74) is 5.64. The van der Waals surface area contributed by atoms with E-state index in [0.29, 0.717) is 6.42 Å². The number of ether oxygens (including phenoxy) is 7. The average Bonchev–Trinajstić information content (AvgIpc) is 3.09. The summed E-state index contributed by atoms with van der Waals surface area (Å²) in [5.74, 6) is -0.647. The maximum atomic E-state index is 12.1. The van der Waals surface area contributed by atoms with E-state index in [0.717, 1.165) is 0 Å². The Hall–Kier alpha value is -3.48. The normalized spacial score (nSPS) is 23.8.